The van der Waals surface area contributed by atoms with Crippen LogP contribution in [0, 0.1) is 5.41 Å². The quantitative estimate of drug-likeness (QED) is 0.861. The molecule has 2 unspecified atom stereocenters. The number of likely N-dealkylation sites (tertiary alicyclic amines) is 2. The molecule has 0 aromatic heterocycles. The second-order valence-electron chi connectivity index (χ2n) is 7.96. The summed E-state index contributed by atoms with van der Waals surface area (Å²) in [5, 5.41) is 0. The van der Waals surface area contributed by atoms with Crippen LogP contribution in [-0.4, -0.2) is 54.1 Å². The van der Waals surface area contributed by atoms with Crippen molar-refractivity contribution in [3.63, 3.8) is 0 Å². The zero-order valence-corrected chi connectivity index (χ0v) is 13.5. The lowest BCUT2D eigenvalue weighted by atomic mass is 9.73. The molecule has 2 atom stereocenters. The summed E-state index contributed by atoms with van der Waals surface area (Å²) in [5.74, 6) is 0. The number of rotatable bonds is 3. The summed E-state index contributed by atoms with van der Waals surface area (Å²) < 4.78 is 0. The zero-order chi connectivity index (χ0) is 14.2. The Morgan fingerprint density at radius 1 is 1.00 bits per heavy atom. The summed E-state index contributed by atoms with van der Waals surface area (Å²) in [7, 11) is 0. The van der Waals surface area contributed by atoms with Crippen LogP contribution in [0.4, 0.5) is 0 Å². The Hall–Kier alpha value is -0.120. The van der Waals surface area contributed by atoms with Gasteiger partial charge in [0.1, 0.15) is 0 Å². The van der Waals surface area contributed by atoms with Crippen molar-refractivity contribution in [2.45, 2.75) is 70.4 Å². The number of piperidine rings is 1. The highest BCUT2D eigenvalue weighted by Crippen LogP contribution is 2.50. The van der Waals surface area contributed by atoms with E-state index in [0.717, 1.165) is 12.6 Å². The normalized spacial score (nSPS) is 39.5. The fraction of sp³-hybridized carbons (Fsp3) is 1.00. The predicted octanol–water partition coefficient (Wildman–Crippen LogP) is 2.45. The fourth-order valence-corrected chi connectivity index (χ4v) is 5.20. The zero-order valence-electron chi connectivity index (χ0n) is 13.5. The van der Waals surface area contributed by atoms with Gasteiger partial charge in [0.05, 0.1) is 0 Å². The van der Waals surface area contributed by atoms with Crippen LogP contribution in [0.15, 0.2) is 0 Å². The van der Waals surface area contributed by atoms with Gasteiger partial charge in [0.25, 0.3) is 0 Å². The first kappa shape index (κ1) is 14.8. The van der Waals surface area contributed by atoms with Crippen molar-refractivity contribution in [2.24, 2.45) is 11.1 Å². The number of hydrogen-bond acceptors (Lipinski definition) is 3. The highest BCUT2D eigenvalue weighted by atomic mass is 15.3. The molecule has 2 N–H and O–H groups in total. The number of hydrogen-bond donors (Lipinski definition) is 1. The smallest absolute Gasteiger partial charge is 0.0383 e. The fourth-order valence-electron chi connectivity index (χ4n) is 5.20. The Labute approximate surface area is 124 Å². The van der Waals surface area contributed by atoms with E-state index in [1.807, 2.05) is 0 Å². The lowest BCUT2D eigenvalue weighted by Gasteiger charge is -2.48. The van der Waals surface area contributed by atoms with E-state index >= 15 is 0 Å². The molecule has 1 saturated carbocycles. The number of nitrogens with zero attached hydrogens (tertiary/aromatic N) is 2. The van der Waals surface area contributed by atoms with E-state index in [4.69, 9.17) is 5.73 Å². The van der Waals surface area contributed by atoms with E-state index in [1.165, 1.54) is 71.1 Å². The lowest BCUT2D eigenvalue weighted by Crippen LogP contribution is -2.59. The standard InChI is InChI=1S/C17H33N3/c1-16(2)8-6-9-17(16,14-18)20-12-7-15(13-20)19-10-4-3-5-11-19/h15H,3-14,18H2,1-2H3. The van der Waals surface area contributed by atoms with Gasteiger partial charge in [-0.2, -0.15) is 0 Å². The maximum atomic E-state index is 6.29. The minimum absolute atomic E-state index is 0.275. The molecule has 116 valence electrons. The topological polar surface area (TPSA) is 32.5 Å². The molecule has 0 aromatic carbocycles. The molecule has 3 heteroatoms. The summed E-state index contributed by atoms with van der Waals surface area (Å²) in [6.07, 6.45) is 9.62. The highest BCUT2D eigenvalue weighted by Gasteiger charge is 2.53. The van der Waals surface area contributed by atoms with Gasteiger partial charge in [-0.15, -0.1) is 0 Å². The molecule has 2 heterocycles. The first-order valence-electron chi connectivity index (χ1n) is 8.78. The van der Waals surface area contributed by atoms with Crippen molar-refractivity contribution in [1.82, 2.24) is 9.80 Å². The molecule has 3 nitrogen and oxygen atoms in total. The van der Waals surface area contributed by atoms with E-state index in [9.17, 15) is 0 Å². The molecule has 0 spiro atoms. The van der Waals surface area contributed by atoms with Gasteiger partial charge in [0, 0.05) is 31.2 Å². The van der Waals surface area contributed by atoms with Crippen LogP contribution in [0.5, 0.6) is 0 Å². The molecule has 0 aromatic rings. The molecule has 20 heavy (non-hydrogen) atoms. The Bertz CT molecular complexity index is 335. The third-order valence-electron chi connectivity index (χ3n) is 6.67. The summed E-state index contributed by atoms with van der Waals surface area (Å²) in [5.41, 5.74) is 6.96. The van der Waals surface area contributed by atoms with Crippen LogP contribution in [0.2, 0.25) is 0 Å². The molecule has 0 bridgehead atoms. The van der Waals surface area contributed by atoms with Crippen LogP contribution < -0.4 is 5.73 Å². The molecule has 2 aliphatic heterocycles. The van der Waals surface area contributed by atoms with Crippen molar-refractivity contribution >= 4 is 0 Å². The van der Waals surface area contributed by atoms with Crippen molar-refractivity contribution in [1.29, 1.82) is 0 Å². The monoisotopic (exact) mass is 279 g/mol. The van der Waals surface area contributed by atoms with E-state index in [1.54, 1.807) is 0 Å². The largest absolute Gasteiger partial charge is 0.329 e. The van der Waals surface area contributed by atoms with Gasteiger partial charge in [0.15, 0.2) is 0 Å². The van der Waals surface area contributed by atoms with Gasteiger partial charge in [-0.25, -0.2) is 0 Å². The van der Waals surface area contributed by atoms with Gasteiger partial charge in [-0.05, 0) is 50.6 Å². The van der Waals surface area contributed by atoms with Crippen molar-refractivity contribution in [2.75, 3.05) is 32.7 Å². The van der Waals surface area contributed by atoms with E-state index in [0.29, 0.717) is 5.41 Å². The van der Waals surface area contributed by atoms with E-state index in [-0.39, 0.29) is 5.54 Å². The van der Waals surface area contributed by atoms with E-state index in [2.05, 4.69) is 23.6 Å². The van der Waals surface area contributed by atoms with Crippen LogP contribution in [-0.2, 0) is 0 Å². The van der Waals surface area contributed by atoms with Gasteiger partial charge < -0.3 is 5.73 Å². The minimum atomic E-state index is 0.275. The van der Waals surface area contributed by atoms with Crippen LogP contribution in [0.1, 0.15) is 58.8 Å². The predicted molar refractivity (Wildman–Crippen MR) is 84.8 cm³/mol. The van der Waals surface area contributed by atoms with Crippen molar-refractivity contribution in [3.05, 3.63) is 0 Å². The highest BCUT2D eigenvalue weighted by molar-refractivity contribution is 5.09. The third-order valence-corrected chi connectivity index (χ3v) is 6.67. The Morgan fingerprint density at radius 2 is 1.75 bits per heavy atom. The van der Waals surface area contributed by atoms with Crippen molar-refractivity contribution < 1.29 is 0 Å². The van der Waals surface area contributed by atoms with Gasteiger partial charge >= 0.3 is 0 Å². The third kappa shape index (κ3) is 2.32. The SMILES string of the molecule is CC1(C)CCCC1(CN)N1CCC(N2CCCCC2)C1. The second kappa shape index (κ2) is 5.58. The molecule has 3 rings (SSSR count). The van der Waals surface area contributed by atoms with Crippen LogP contribution in [0.3, 0.4) is 0 Å². The average molecular weight is 279 g/mol. The summed E-state index contributed by atoms with van der Waals surface area (Å²) in [6, 6.07) is 0.801. The van der Waals surface area contributed by atoms with Crippen molar-refractivity contribution in [3.8, 4) is 0 Å². The summed E-state index contributed by atoms with van der Waals surface area (Å²) in [6.45, 7) is 10.9. The molecular formula is C17H33N3. The number of nitrogens with two attached hydrogens (primary N) is 1. The Balaban J connectivity index is 1.69. The first-order chi connectivity index (χ1) is 9.59. The second-order valence-corrected chi connectivity index (χ2v) is 7.96. The van der Waals surface area contributed by atoms with Gasteiger partial charge in [0.2, 0.25) is 0 Å². The summed E-state index contributed by atoms with van der Waals surface area (Å²) in [4.78, 5) is 5.54. The summed E-state index contributed by atoms with van der Waals surface area (Å²) >= 11 is 0. The van der Waals surface area contributed by atoms with Gasteiger partial charge in [-0.3, -0.25) is 9.80 Å². The maximum absolute atomic E-state index is 6.29. The molecule has 0 amide bonds. The lowest BCUT2D eigenvalue weighted by molar-refractivity contribution is 0.0241. The molecule has 0 radical (unpaired) electrons. The molecule has 3 fully saturated rings. The van der Waals surface area contributed by atoms with E-state index < -0.39 is 0 Å². The maximum Gasteiger partial charge on any atom is 0.0383 e. The first-order valence-corrected chi connectivity index (χ1v) is 8.78. The Morgan fingerprint density at radius 3 is 2.35 bits per heavy atom. The molecule has 2 saturated heterocycles. The minimum Gasteiger partial charge on any atom is -0.329 e. The van der Waals surface area contributed by atoms with Crippen LogP contribution in [0.25, 0.3) is 0 Å². The average Bonchev–Trinajstić information content (AvgIpc) is 3.04. The van der Waals surface area contributed by atoms with Crippen LogP contribution >= 0.6 is 0 Å². The molecular weight excluding hydrogens is 246 g/mol. The molecule has 1 aliphatic carbocycles. The Kier molecular flexibility index (Phi) is 4.13. The van der Waals surface area contributed by atoms with Gasteiger partial charge in [-0.1, -0.05) is 26.7 Å². The molecule has 3 aliphatic rings.